The van der Waals surface area contributed by atoms with E-state index in [1.54, 1.807) is 28.8 Å². The number of carbonyl (C=O) groups excluding carboxylic acids is 1. The van der Waals surface area contributed by atoms with Gasteiger partial charge in [0.15, 0.2) is 5.13 Å². The Kier molecular flexibility index (Phi) is 5.37. The van der Waals surface area contributed by atoms with Crippen molar-refractivity contribution < 1.29 is 13.2 Å². The van der Waals surface area contributed by atoms with E-state index < -0.39 is 10.0 Å². The molecule has 6 nitrogen and oxygen atoms in total. The maximum atomic E-state index is 12.7. The SMILES string of the molecule is CC1CCc2nc(NC(=O)C3CCCN(S(=O)(=O)c4cccs4)C3)sc2C1. The summed E-state index contributed by atoms with van der Waals surface area (Å²) in [6, 6.07) is 3.35. The lowest BCUT2D eigenvalue weighted by Gasteiger charge is -2.30. The lowest BCUT2D eigenvalue weighted by atomic mass is 9.93. The molecule has 0 saturated carbocycles. The van der Waals surface area contributed by atoms with Gasteiger partial charge in [0.1, 0.15) is 4.21 Å². The van der Waals surface area contributed by atoms with E-state index in [0.717, 1.165) is 25.0 Å². The lowest BCUT2D eigenvalue weighted by molar-refractivity contribution is -0.120. The molecule has 0 aromatic carbocycles. The summed E-state index contributed by atoms with van der Waals surface area (Å²) in [5.41, 5.74) is 1.11. The topological polar surface area (TPSA) is 79.4 Å². The molecule has 27 heavy (non-hydrogen) atoms. The molecular weight excluding hydrogens is 402 g/mol. The van der Waals surface area contributed by atoms with Gasteiger partial charge in [0, 0.05) is 18.0 Å². The van der Waals surface area contributed by atoms with Crippen LogP contribution in [-0.2, 0) is 27.7 Å². The Labute approximate surface area is 167 Å². The zero-order chi connectivity index (χ0) is 19.0. The summed E-state index contributed by atoms with van der Waals surface area (Å²) < 4.78 is 27.2. The van der Waals surface area contributed by atoms with E-state index in [0.29, 0.717) is 34.6 Å². The molecule has 0 radical (unpaired) electrons. The number of aryl methyl sites for hydroxylation is 1. The highest BCUT2D eigenvalue weighted by Crippen LogP contribution is 2.33. The molecule has 0 spiro atoms. The Hall–Kier alpha value is -1.29. The second-order valence-electron chi connectivity index (χ2n) is 7.36. The number of thiophene rings is 1. The quantitative estimate of drug-likeness (QED) is 0.815. The van der Waals surface area contributed by atoms with Gasteiger partial charge in [-0.3, -0.25) is 4.79 Å². The number of piperidine rings is 1. The van der Waals surface area contributed by atoms with Gasteiger partial charge in [-0.05, 0) is 49.5 Å². The van der Waals surface area contributed by atoms with Crippen LogP contribution in [0.25, 0.3) is 0 Å². The van der Waals surface area contributed by atoms with E-state index in [2.05, 4.69) is 17.2 Å². The number of hydrogen-bond donors (Lipinski definition) is 1. The molecule has 2 atom stereocenters. The van der Waals surface area contributed by atoms with E-state index >= 15 is 0 Å². The van der Waals surface area contributed by atoms with Crippen LogP contribution in [0, 0.1) is 11.8 Å². The van der Waals surface area contributed by atoms with Crippen molar-refractivity contribution in [3.05, 3.63) is 28.1 Å². The predicted molar refractivity (Wildman–Crippen MR) is 108 cm³/mol. The Morgan fingerprint density at radius 1 is 1.37 bits per heavy atom. The van der Waals surface area contributed by atoms with Crippen molar-refractivity contribution >= 4 is 43.7 Å². The first-order chi connectivity index (χ1) is 12.9. The van der Waals surface area contributed by atoms with Crippen LogP contribution in [0.3, 0.4) is 0 Å². The van der Waals surface area contributed by atoms with Crippen LogP contribution in [0.15, 0.2) is 21.7 Å². The lowest BCUT2D eigenvalue weighted by Crippen LogP contribution is -2.43. The molecule has 9 heteroatoms. The monoisotopic (exact) mass is 425 g/mol. The Bertz CT molecular complexity index is 921. The fraction of sp³-hybridized carbons (Fsp3) is 0.556. The van der Waals surface area contributed by atoms with Crippen molar-refractivity contribution in [3.8, 4) is 0 Å². The molecule has 146 valence electrons. The third kappa shape index (κ3) is 3.96. The fourth-order valence-electron chi connectivity index (χ4n) is 3.71. The van der Waals surface area contributed by atoms with E-state index in [9.17, 15) is 13.2 Å². The highest BCUT2D eigenvalue weighted by Gasteiger charge is 2.34. The molecule has 4 rings (SSSR count). The molecule has 3 heterocycles. The summed E-state index contributed by atoms with van der Waals surface area (Å²) in [5.74, 6) is 0.199. The fourth-order valence-corrected chi connectivity index (χ4v) is 7.56. The zero-order valence-corrected chi connectivity index (χ0v) is 17.6. The van der Waals surface area contributed by atoms with Gasteiger partial charge < -0.3 is 5.32 Å². The van der Waals surface area contributed by atoms with E-state index in [4.69, 9.17) is 0 Å². The molecule has 1 amide bonds. The number of fused-ring (bicyclic) bond motifs is 1. The summed E-state index contributed by atoms with van der Waals surface area (Å²) in [6.45, 7) is 2.94. The predicted octanol–water partition coefficient (Wildman–Crippen LogP) is 3.37. The molecule has 2 aliphatic rings. The first kappa shape index (κ1) is 19.0. The average molecular weight is 426 g/mol. The first-order valence-corrected chi connectivity index (χ1v) is 12.4. The third-order valence-electron chi connectivity index (χ3n) is 5.26. The van der Waals surface area contributed by atoms with E-state index in [1.165, 1.54) is 20.5 Å². The molecular formula is C18H23N3O3S3. The number of sulfonamides is 1. The highest BCUT2D eigenvalue weighted by molar-refractivity contribution is 7.91. The van der Waals surface area contributed by atoms with Crippen LogP contribution in [-0.4, -0.2) is 36.7 Å². The smallest absolute Gasteiger partial charge is 0.252 e. The van der Waals surface area contributed by atoms with Gasteiger partial charge in [-0.15, -0.1) is 22.7 Å². The zero-order valence-electron chi connectivity index (χ0n) is 15.2. The summed E-state index contributed by atoms with van der Waals surface area (Å²) in [4.78, 5) is 18.6. The van der Waals surface area contributed by atoms with Gasteiger partial charge in [-0.2, -0.15) is 4.31 Å². The molecule has 1 aliphatic heterocycles. The van der Waals surface area contributed by atoms with Gasteiger partial charge in [0.25, 0.3) is 10.0 Å². The van der Waals surface area contributed by atoms with Gasteiger partial charge in [0.05, 0.1) is 11.6 Å². The first-order valence-electron chi connectivity index (χ1n) is 9.26. The number of amides is 1. The van der Waals surface area contributed by atoms with Gasteiger partial charge >= 0.3 is 0 Å². The number of hydrogen-bond acceptors (Lipinski definition) is 6. The molecule has 1 saturated heterocycles. The van der Waals surface area contributed by atoms with Gasteiger partial charge in [0.2, 0.25) is 5.91 Å². The normalized spacial score (nSPS) is 23.7. The van der Waals surface area contributed by atoms with Crippen LogP contribution in [0.4, 0.5) is 5.13 Å². The summed E-state index contributed by atoms with van der Waals surface area (Å²) >= 11 is 2.78. The number of anilines is 1. The number of thiazole rings is 1. The maximum Gasteiger partial charge on any atom is 0.252 e. The molecule has 1 aliphatic carbocycles. The third-order valence-corrected chi connectivity index (χ3v) is 9.53. The van der Waals surface area contributed by atoms with Crippen LogP contribution in [0.2, 0.25) is 0 Å². The summed E-state index contributed by atoms with van der Waals surface area (Å²) in [6.07, 6.45) is 4.53. The number of aromatic nitrogens is 1. The number of nitrogens with zero attached hydrogens (tertiary/aromatic N) is 2. The van der Waals surface area contributed by atoms with Crippen molar-refractivity contribution in [2.45, 2.75) is 43.2 Å². The summed E-state index contributed by atoms with van der Waals surface area (Å²) in [7, 11) is -3.51. The van der Waals surface area contributed by atoms with Gasteiger partial charge in [-0.1, -0.05) is 13.0 Å². The van der Waals surface area contributed by atoms with Crippen LogP contribution in [0.5, 0.6) is 0 Å². The Morgan fingerprint density at radius 3 is 3.00 bits per heavy atom. The van der Waals surface area contributed by atoms with E-state index in [1.807, 2.05) is 0 Å². The van der Waals surface area contributed by atoms with Crippen molar-refractivity contribution in [1.29, 1.82) is 0 Å². The number of nitrogens with one attached hydrogen (secondary N) is 1. The molecule has 2 unspecified atom stereocenters. The minimum atomic E-state index is -3.51. The number of rotatable bonds is 4. The van der Waals surface area contributed by atoms with Crippen LogP contribution < -0.4 is 5.32 Å². The Morgan fingerprint density at radius 2 is 2.22 bits per heavy atom. The van der Waals surface area contributed by atoms with Crippen molar-refractivity contribution in [2.24, 2.45) is 11.8 Å². The molecule has 0 bridgehead atoms. The second-order valence-corrected chi connectivity index (χ2v) is 11.6. The second kappa shape index (κ2) is 7.62. The van der Waals surface area contributed by atoms with Crippen LogP contribution in [0.1, 0.15) is 36.8 Å². The Balaban J connectivity index is 1.43. The van der Waals surface area contributed by atoms with Crippen LogP contribution >= 0.6 is 22.7 Å². The highest BCUT2D eigenvalue weighted by atomic mass is 32.2. The molecule has 1 fully saturated rings. The van der Waals surface area contributed by atoms with Gasteiger partial charge in [-0.25, -0.2) is 13.4 Å². The minimum absolute atomic E-state index is 0.125. The van der Waals surface area contributed by atoms with Crippen molar-refractivity contribution in [2.75, 3.05) is 18.4 Å². The maximum absolute atomic E-state index is 12.7. The molecule has 1 N–H and O–H groups in total. The average Bonchev–Trinajstić information content (AvgIpc) is 3.31. The molecule has 2 aromatic rings. The summed E-state index contributed by atoms with van der Waals surface area (Å²) in [5, 5.41) is 5.35. The van der Waals surface area contributed by atoms with E-state index in [-0.39, 0.29) is 18.4 Å². The molecule has 2 aromatic heterocycles. The minimum Gasteiger partial charge on any atom is -0.302 e. The largest absolute Gasteiger partial charge is 0.302 e. The number of carbonyl (C=O) groups is 1. The van der Waals surface area contributed by atoms with Crippen molar-refractivity contribution in [1.82, 2.24) is 9.29 Å². The van der Waals surface area contributed by atoms with Crippen molar-refractivity contribution in [3.63, 3.8) is 0 Å². The standard InChI is InChI=1S/C18H23N3O3S3/c1-12-6-7-14-15(10-12)26-18(19-14)20-17(22)13-4-2-8-21(11-13)27(23,24)16-5-3-9-25-16/h3,5,9,12-13H,2,4,6-8,10-11H2,1H3,(H,19,20,22).